The minimum Gasteiger partial charge on any atom is -0.495 e. The molecule has 0 aromatic heterocycles. The number of hydrogen-bond acceptors (Lipinski definition) is 6. The second-order valence-corrected chi connectivity index (χ2v) is 11.1. The number of carbonyl (C=O) groups excluding carboxylic acids is 1. The van der Waals surface area contributed by atoms with E-state index in [4.69, 9.17) is 4.74 Å². The summed E-state index contributed by atoms with van der Waals surface area (Å²) in [5, 5.41) is 0. The summed E-state index contributed by atoms with van der Waals surface area (Å²) >= 11 is 0. The minimum absolute atomic E-state index is 0.0313. The van der Waals surface area contributed by atoms with Gasteiger partial charge in [0.2, 0.25) is 26.0 Å². The predicted octanol–water partition coefficient (Wildman–Crippen LogP) is 1.02. The number of piperidine rings is 1. The van der Waals surface area contributed by atoms with Crippen LogP contribution in [0.1, 0.15) is 26.2 Å². The molecule has 0 radical (unpaired) electrons. The van der Waals surface area contributed by atoms with Crippen molar-refractivity contribution in [2.24, 2.45) is 5.92 Å². The zero-order chi connectivity index (χ0) is 21.8. The lowest BCUT2D eigenvalue weighted by molar-refractivity contribution is -0.132. The van der Waals surface area contributed by atoms with Crippen LogP contribution in [0.3, 0.4) is 0 Å². The molecule has 1 heterocycles. The van der Waals surface area contributed by atoms with Crippen molar-refractivity contribution in [1.82, 2.24) is 9.62 Å². The maximum absolute atomic E-state index is 12.6. The molecule has 1 aromatic carbocycles. The number of nitrogens with one attached hydrogen (secondary N) is 1. The van der Waals surface area contributed by atoms with Crippen LogP contribution in [-0.2, 0) is 24.8 Å². The van der Waals surface area contributed by atoms with Gasteiger partial charge in [0, 0.05) is 33.1 Å². The van der Waals surface area contributed by atoms with Crippen molar-refractivity contribution in [1.29, 1.82) is 0 Å². The molecule has 29 heavy (non-hydrogen) atoms. The number of nitrogens with zero attached hydrogens (tertiary/aromatic N) is 2. The third-order valence-corrected chi connectivity index (χ3v) is 7.71. The Morgan fingerprint density at radius 2 is 1.86 bits per heavy atom. The van der Waals surface area contributed by atoms with Crippen molar-refractivity contribution in [3.8, 4) is 5.75 Å². The highest BCUT2D eigenvalue weighted by Crippen LogP contribution is 2.31. The molecule has 1 aliphatic heterocycles. The van der Waals surface area contributed by atoms with Gasteiger partial charge in [-0.1, -0.05) is 6.92 Å². The number of sulfonamides is 2. The van der Waals surface area contributed by atoms with Gasteiger partial charge in [-0.05, 0) is 37.0 Å². The van der Waals surface area contributed by atoms with Crippen molar-refractivity contribution in [2.75, 3.05) is 44.4 Å². The van der Waals surface area contributed by atoms with Crippen LogP contribution in [-0.4, -0.2) is 67.7 Å². The first-order chi connectivity index (χ1) is 13.5. The SMILES string of the molecule is COc1ccc(S(=O)(=O)NCCC(=O)N2CCC(C)CC2)cc1N(C)S(C)(=O)=O. The van der Waals surface area contributed by atoms with Crippen molar-refractivity contribution >= 4 is 31.6 Å². The number of anilines is 1. The fourth-order valence-electron chi connectivity index (χ4n) is 3.05. The van der Waals surface area contributed by atoms with Crippen LogP contribution in [0.15, 0.2) is 23.1 Å². The summed E-state index contributed by atoms with van der Waals surface area (Å²) in [4.78, 5) is 13.9. The molecular weight excluding hydrogens is 418 g/mol. The summed E-state index contributed by atoms with van der Waals surface area (Å²) in [6.45, 7) is 3.52. The quantitative estimate of drug-likeness (QED) is 0.637. The van der Waals surface area contributed by atoms with Crippen LogP contribution < -0.4 is 13.8 Å². The van der Waals surface area contributed by atoms with E-state index in [0.717, 1.165) is 23.4 Å². The lowest BCUT2D eigenvalue weighted by Crippen LogP contribution is -2.39. The third kappa shape index (κ3) is 6.06. The van der Waals surface area contributed by atoms with Crippen LogP contribution in [0.4, 0.5) is 5.69 Å². The standard InChI is InChI=1S/C18H29N3O6S2/c1-14-8-11-21(12-9-14)18(22)7-10-19-29(25,26)15-5-6-17(27-3)16(13-15)20(2)28(4,23)24/h5-6,13-14,19H,7-12H2,1-4H3. The minimum atomic E-state index is -3.92. The molecule has 1 aliphatic rings. The third-order valence-electron chi connectivity index (χ3n) is 5.06. The second kappa shape index (κ2) is 9.31. The average molecular weight is 448 g/mol. The zero-order valence-corrected chi connectivity index (χ0v) is 18.8. The first kappa shape index (κ1) is 23.4. The Kier molecular flexibility index (Phi) is 7.52. The molecule has 1 saturated heterocycles. The molecule has 1 amide bonds. The topological polar surface area (TPSA) is 113 Å². The Labute approximate surface area is 173 Å². The van der Waals surface area contributed by atoms with Crippen molar-refractivity contribution in [2.45, 2.75) is 31.1 Å². The van der Waals surface area contributed by atoms with Gasteiger partial charge in [0.25, 0.3) is 0 Å². The van der Waals surface area contributed by atoms with Crippen molar-refractivity contribution in [3.05, 3.63) is 18.2 Å². The number of rotatable bonds is 8. The maximum Gasteiger partial charge on any atom is 0.240 e. The van der Waals surface area contributed by atoms with E-state index in [2.05, 4.69) is 11.6 Å². The Morgan fingerprint density at radius 3 is 2.41 bits per heavy atom. The lowest BCUT2D eigenvalue weighted by Gasteiger charge is -2.30. The normalized spacial score (nSPS) is 15.9. The van der Waals surface area contributed by atoms with Gasteiger partial charge in [-0.3, -0.25) is 9.10 Å². The summed E-state index contributed by atoms with van der Waals surface area (Å²) in [6, 6.07) is 3.95. The summed E-state index contributed by atoms with van der Waals surface area (Å²) < 4.78 is 57.4. The van der Waals surface area contributed by atoms with Crippen LogP contribution in [0.5, 0.6) is 5.75 Å². The number of hydrogen-bond donors (Lipinski definition) is 1. The molecule has 1 fully saturated rings. The average Bonchev–Trinajstić information content (AvgIpc) is 2.66. The van der Waals surface area contributed by atoms with E-state index < -0.39 is 20.0 Å². The molecule has 11 heteroatoms. The fraction of sp³-hybridized carbons (Fsp3) is 0.611. The van der Waals surface area contributed by atoms with E-state index in [9.17, 15) is 21.6 Å². The highest BCUT2D eigenvalue weighted by molar-refractivity contribution is 7.92. The lowest BCUT2D eigenvalue weighted by atomic mass is 9.99. The molecule has 0 saturated carbocycles. The van der Waals surface area contributed by atoms with Gasteiger partial charge in [0.1, 0.15) is 5.75 Å². The fourth-order valence-corrected chi connectivity index (χ4v) is 4.60. The first-order valence-electron chi connectivity index (χ1n) is 9.35. The highest BCUT2D eigenvalue weighted by atomic mass is 32.2. The van der Waals surface area contributed by atoms with Crippen LogP contribution in [0.25, 0.3) is 0 Å². The van der Waals surface area contributed by atoms with Gasteiger partial charge < -0.3 is 9.64 Å². The first-order valence-corrected chi connectivity index (χ1v) is 12.7. The van der Waals surface area contributed by atoms with E-state index in [-0.39, 0.29) is 35.2 Å². The molecule has 0 spiro atoms. The number of methoxy groups -OCH3 is 1. The molecule has 0 atom stereocenters. The van der Waals surface area contributed by atoms with E-state index in [1.807, 2.05) is 0 Å². The Bertz CT molecular complexity index is 938. The van der Waals surface area contributed by atoms with Crippen LogP contribution >= 0.6 is 0 Å². The summed E-state index contributed by atoms with van der Waals surface area (Å²) in [7, 11) is -4.84. The number of carbonyl (C=O) groups is 1. The van der Waals surface area contributed by atoms with Gasteiger partial charge in [-0.15, -0.1) is 0 Å². The highest BCUT2D eigenvalue weighted by Gasteiger charge is 2.23. The molecule has 0 bridgehead atoms. The van der Waals surface area contributed by atoms with Gasteiger partial charge in [-0.2, -0.15) is 0 Å². The summed E-state index contributed by atoms with van der Waals surface area (Å²) in [6.07, 6.45) is 3.00. The molecule has 2 rings (SSSR count). The van der Waals surface area contributed by atoms with Gasteiger partial charge in [-0.25, -0.2) is 21.6 Å². The maximum atomic E-state index is 12.6. The number of amides is 1. The molecule has 9 nitrogen and oxygen atoms in total. The zero-order valence-electron chi connectivity index (χ0n) is 17.2. The second-order valence-electron chi connectivity index (χ2n) is 7.28. The molecule has 1 aromatic rings. The summed E-state index contributed by atoms with van der Waals surface area (Å²) in [5.74, 6) is 0.755. The molecule has 164 valence electrons. The number of likely N-dealkylation sites (tertiary alicyclic amines) is 1. The largest absolute Gasteiger partial charge is 0.495 e. The molecule has 0 unspecified atom stereocenters. The molecule has 0 aliphatic carbocycles. The Balaban J connectivity index is 2.08. The van der Waals surface area contributed by atoms with Crippen LogP contribution in [0, 0.1) is 5.92 Å². The van der Waals surface area contributed by atoms with E-state index in [1.165, 1.54) is 32.4 Å². The Hall–Kier alpha value is -1.85. The monoisotopic (exact) mass is 447 g/mol. The number of ether oxygens (including phenoxy) is 1. The van der Waals surface area contributed by atoms with Gasteiger partial charge >= 0.3 is 0 Å². The molecule has 1 N–H and O–H groups in total. The van der Waals surface area contributed by atoms with Crippen molar-refractivity contribution < 1.29 is 26.4 Å². The number of benzene rings is 1. The van der Waals surface area contributed by atoms with E-state index in [0.29, 0.717) is 19.0 Å². The van der Waals surface area contributed by atoms with Gasteiger partial charge in [0.05, 0.1) is 23.9 Å². The van der Waals surface area contributed by atoms with Crippen molar-refractivity contribution in [3.63, 3.8) is 0 Å². The van der Waals surface area contributed by atoms with E-state index in [1.54, 1.807) is 4.90 Å². The molecular formula is C18H29N3O6S2. The van der Waals surface area contributed by atoms with Gasteiger partial charge in [0.15, 0.2) is 0 Å². The Morgan fingerprint density at radius 1 is 1.24 bits per heavy atom. The predicted molar refractivity (Wildman–Crippen MR) is 111 cm³/mol. The van der Waals surface area contributed by atoms with Crippen LogP contribution in [0.2, 0.25) is 0 Å². The summed E-state index contributed by atoms with van der Waals surface area (Å²) in [5.41, 5.74) is 0.108. The smallest absolute Gasteiger partial charge is 0.240 e. The van der Waals surface area contributed by atoms with E-state index >= 15 is 0 Å².